The zero-order chi connectivity index (χ0) is 20.4. The average Bonchev–Trinajstić information content (AvgIpc) is 3.12. The smallest absolute Gasteiger partial charge is 0.244 e. The van der Waals surface area contributed by atoms with Gasteiger partial charge in [-0.15, -0.1) is 12.4 Å². The number of aryl methyl sites for hydroxylation is 2. The third kappa shape index (κ3) is 4.71. The van der Waals surface area contributed by atoms with Crippen molar-refractivity contribution in [1.82, 2.24) is 4.90 Å². The van der Waals surface area contributed by atoms with Crippen LogP contribution in [0.5, 0.6) is 0 Å². The highest BCUT2D eigenvalue weighted by molar-refractivity contribution is 7.93. The number of benzene rings is 1. The lowest BCUT2D eigenvalue weighted by Gasteiger charge is -2.33. The number of carbonyl (C=O) groups is 1. The van der Waals surface area contributed by atoms with Gasteiger partial charge in [0.2, 0.25) is 5.91 Å². The number of sulfone groups is 1. The van der Waals surface area contributed by atoms with Gasteiger partial charge < -0.3 is 10.6 Å². The minimum absolute atomic E-state index is 0. The molecule has 0 aromatic heterocycles. The SMILES string of the molecule is Cc1ccc(C)c(S(=O)(=O)C2(C(=O)N(C)CCC(N)C(C)C)CCCC2)c1.Cl. The van der Waals surface area contributed by atoms with Crippen LogP contribution in [0, 0.1) is 19.8 Å². The van der Waals surface area contributed by atoms with Crippen molar-refractivity contribution < 1.29 is 13.2 Å². The predicted octanol–water partition coefficient (Wildman–Crippen LogP) is 3.64. The molecule has 0 bridgehead atoms. The van der Waals surface area contributed by atoms with Gasteiger partial charge in [0.25, 0.3) is 0 Å². The highest BCUT2D eigenvalue weighted by Gasteiger charge is 2.54. The molecule has 28 heavy (non-hydrogen) atoms. The summed E-state index contributed by atoms with van der Waals surface area (Å²) in [5.74, 6) is 0.0458. The lowest BCUT2D eigenvalue weighted by Crippen LogP contribution is -2.52. The molecule has 0 radical (unpaired) electrons. The molecule has 1 atom stereocenters. The Labute approximate surface area is 176 Å². The first-order valence-electron chi connectivity index (χ1n) is 9.86. The highest BCUT2D eigenvalue weighted by Crippen LogP contribution is 2.42. The minimum atomic E-state index is -3.78. The van der Waals surface area contributed by atoms with Crippen LogP contribution in [0.1, 0.15) is 57.1 Å². The van der Waals surface area contributed by atoms with Crippen LogP contribution in [0.2, 0.25) is 0 Å². The van der Waals surface area contributed by atoms with Gasteiger partial charge in [0, 0.05) is 19.6 Å². The van der Waals surface area contributed by atoms with Crippen LogP contribution in [-0.4, -0.2) is 43.6 Å². The summed E-state index contributed by atoms with van der Waals surface area (Å²) in [5, 5.41) is 0. The number of amides is 1. The molecule has 1 fully saturated rings. The Morgan fingerprint density at radius 2 is 1.79 bits per heavy atom. The molecule has 1 saturated carbocycles. The number of halogens is 1. The monoisotopic (exact) mass is 430 g/mol. The van der Waals surface area contributed by atoms with Crippen molar-refractivity contribution >= 4 is 28.2 Å². The molecule has 2 N–H and O–H groups in total. The van der Waals surface area contributed by atoms with Gasteiger partial charge in [0.15, 0.2) is 14.6 Å². The molecule has 0 aliphatic heterocycles. The van der Waals surface area contributed by atoms with Gasteiger partial charge >= 0.3 is 0 Å². The zero-order valence-electron chi connectivity index (χ0n) is 17.7. The van der Waals surface area contributed by atoms with E-state index in [1.54, 1.807) is 24.9 Å². The number of carbonyl (C=O) groups excluding carboxylic acids is 1. The summed E-state index contributed by atoms with van der Waals surface area (Å²) < 4.78 is 26.0. The van der Waals surface area contributed by atoms with E-state index in [4.69, 9.17) is 5.73 Å². The Bertz CT molecular complexity index is 787. The van der Waals surface area contributed by atoms with Gasteiger partial charge in [-0.3, -0.25) is 4.79 Å². The van der Waals surface area contributed by atoms with Crippen LogP contribution >= 0.6 is 12.4 Å². The first-order valence-corrected chi connectivity index (χ1v) is 11.3. The van der Waals surface area contributed by atoms with E-state index in [2.05, 4.69) is 13.8 Å². The second-order valence-electron chi connectivity index (χ2n) is 8.40. The summed E-state index contributed by atoms with van der Waals surface area (Å²) >= 11 is 0. The second-order valence-corrected chi connectivity index (χ2v) is 10.6. The topological polar surface area (TPSA) is 80.5 Å². The summed E-state index contributed by atoms with van der Waals surface area (Å²) in [6.07, 6.45) is 2.97. The lowest BCUT2D eigenvalue weighted by molar-refractivity contribution is -0.132. The Balaban J connectivity index is 0.00000392. The fourth-order valence-corrected chi connectivity index (χ4v) is 6.34. The molecular formula is C21H35ClN2O3S. The van der Waals surface area contributed by atoms with Crippen LogP contribution in [-0.2, 0) is 14.6 Å². The van der Waals surface area contributed by atoms with E-state index >= 15 is 0 Å². The van der Waals surface area contributed by atoms with Gasteiger partial charge in [-0.05, 0) is 56.2 Å². The lowest BCUT2D eigenvalue weighted by atomic mass is 10.0. The summed E-state index contributed by atoms with van der Waals surface area (Å²) in [6, 6.07) is 5.42. The number of nitrogens with zero attached hydrogens (tertiary/aromatic N) is 1. The third-order valence-electron chi connectivity index (χ3n) is 5.95. The minimum Gasteiger partial charge on any atom is -0.344 e. The average molecular weight is 431 g/mol. The quantitative estimate of drug-likeness (QED) is 0.715. The Kier molecular flexibility index (Phi) is 8.54. The normalized spacial score (nSPS) is 17.2. The number of hydrogen-bond donors (Lipinski definition) is 1. The largest absolute Gasteiger partial charge is 0.344 e. The molecule has 1 unspecified atom stereocenters. The maximum absolute atomic E-state index is 13.6. The van der Waals surface area contributed by atoms with E-state index in [1.807, 2.05) is 19.1 Å². The maximum atomic E-state index is 13.6. The fraction of sp³-hybridized carbons (Fsp3) is 0.667. The summed E-state index contributed by atoms with van der Waals surface area (Å²) in [6.45, 7) is 8.25. The third-order valence-corrected chi connectivity index (χ3v) is 8.58. The van der Waals surface area contributed by atoms with Crippen molar-refractivity contribution in [2.75, 3.05) is 13.6 Å². The van der Waals surface area contributed by atoms with E-state index < -0.39 is 14.6 Å². The van der Waals surface area contributed by atoms with Crippen molar-refractivity contribution in [2.24, 2.45) is 11.7 Å². The summed E-state index contributed by atoms with van der Waals surface area (Å²) in [4.78, 5) is 15.2. The van der Waals surface area contributed by atoms with E-state index in [0.717, 1.165) is 18.4 Å². The highest BCUT2D eigenvalue weighted by atomic mass is 35.5. The van der Waals surface area contributed by atoms with E-state index in [-0.39, 0.29) is 24.4 Å². The molecule has 1 aliphatic carbocycles. The molecule has 0 spiro atoms. The molecule has 160 valence electrons. The molecule has 1 aromatic rings. The standard InChI is InChI=1S/C21H34N2O3S.ClH/c1-15(2)18(22)10-13-23(5)20(24)21(11-6-7-12-21)27(25,26)19-14-16(3)8-9-17(19)4;/h8-9,14-15,18H,6-7,10-13,22H2,1-5H3;1H. The zero-order valence-corrected chi connectivity index (χ0v) is 19.3. The number of nitrogens with two attached hydrogens (primary N) is 1. The second kappa shape index (κ2) is 9.59. The first kappa shape index (κ1) is 24.9. The van der Waals surface area contributed by atoms with Crippen molar-refractivity contribution in [2.45, 2.75) is 75.5 Å². The van der Waals surface area contributed by atoms with E-state index in [9.17, 15) is 13.2 Å². The van der Waals surface area contributed by atoms with Crippen LogP contribution < -0.4 is 5.73 Å². The Morgan fingerprint density at radius 1 is 1.21 bits per heavy atom. The summed E-state index contributed by atoms with van der Waals surface area (Å²) in [7, 11) is -2.07. The van der Waals surface area contributed by atoms with Gasteiger partial charge in [0.1, 0.15) is 0 Å². The first-order chi connectivity index (χ1) is 12.5. The van der Waals surface area contributed by atoms with Crippen LogP contribution in [0.4, 0.5) is 0 Å². The summed E-state index contributed by atoms with van der Waals surface area (Å²) in [5.41, 5.74) is 7.69. The molecule has 1 aliphatic rings. The van der Waals surface area contributed by atoms with Gasteiger partial charge in [0.05, 0.1) is 4.90 Å². The van der Waals surface area contributed by atoms with Crippen molar-refractivity contribution in [3.05, 3.63) is 29.3 Å². The molecule has 0 saturated heterocycles. The predicted molar refractivity (Wildman–Crippen MR) is 117 cm³/mol. The van der Waals surface area contributed by atoms with Gasteiger partial charge in [-0.25, -0.2) is 8.42 Å². The van der Waals surface area contributed by atoms with Crippen molar-refractivity contribution in [1.29, 1.82) is 0 Å². The number of rotatable bonds is 7. The fourth-order valence-electron chi connectivity index (χ4n) is 3.88. The van der Waals surface area contributed by atoms with Crippen molar-refractivity contribution in [3.63, 3.8) is 0 Å². The van der Waals surface area contributed by atoms with E-state index in [1.165, 1.54) is 0 Å². The van der Waals surface area contributed by atoms with Crippen molar-refractivity contribution in [3.8, 4) is 0 Å². The van der Waals surface area contributed by atoms with Crippen LogP contribution in [0.25, 0.3) is 0 Å². The maximum Gasteiger partial charge on any atom is 0.244 e. The van der Waals surface area contributed by atoms with Gasteiger partial charge in [-0.1, -0.05) is 38.8 Å². The molecular weight excluding hydrogens is 396 g/mol. The number of hydrogen-bond acceptors (Lipinski definition) is 4. The van der Waals surface area contributed by atoms with Crippen LogP contribution in [0.15, 0.2) is 23.1 Å². The van der Waals surface area contributed by atoms with Gasteiger partial charge in [-0.2, -0.15) is 0 Å². The molecule has 1 amide bonds. The molecule has 5 nitrogen and oxygen atoms in total. The molecule has 2 rings (SSSR count). The van der Waals surface area contributed by atoms with Crippen LogP contribution in [0.3, 0.4) is 0 Å². The molecule has 0 heterocycles. The van der Waals surface area contributed by atoms with E-state index in [0.29, 0.717) is 42.2 Å². The molecule has 7 heteroatoms. The Morgan fingerprint density at radius 3 is 2.32 bits per heavy atom. The molecule has 1 aromatic carbocycles. The Hall–Kier alpha value is -1.11.